The molecule has 0 fully saturated rings. The van der Waals surface area contributed by atoms with Crippen LogP contribution in [0.1, 0.15) is 52.6 Å². The smallest absolute Gasteiger partial charge is 0.416 e. The lowest BCUT2D eigenvalue weighted by Gasteiger charge is -2.26. The minimum Gasteiger partial charge on any atom is -0.486 e. The number of fused-ring (bicyclic) bond motifs is 16. The van der Waals surface area contributed by atoms with Gasteiger partial charge < -0.3 is 20.5 Å². The summed E-state index contributed by atoms with van der Waals surface area (Å²) in [5.41, 5.74) is -0.0853. The lowest BCUT2D eigenvalue weighted by atomic mass is 9.90. The monoisotopic (exact) mass is 810 g/mol. The number of aryl methyl sites for hydroxylation is 1. The van der Waals surface area contributed by atoms with Gasteiger partial charge in [0.05, 0.1) is 23.1 Å². The first kappa shape index (κ1) is 43.1. The number of carboxylic acid groups (broad SMARTS) is 1. The third kappa shape index (κ3) is 12.5. The Balaban J connectivity index is 1.51. The standard InChI is InChI=1S/C43H40F6N2O7/c44-42(45,46)32-13-6-27(7-14-32)20-30-23-34(52)25-58-35-17-10-28(11-18-35)21-31(41(56)57)24-38(53)36(19-12-26-4-2-1-3-5-26)50-40(55)37(51-39(30)54)22-29-8-15-33(16-9-29)43(47,48)49/h1-11,13-18,30-31,36-37H,12,19-25H2,(H,50,55)(H,51,54)(H,56,57)/t30-,31+,36+,37-/m0/s1. The van der Waals surface area contributed by atoms with Crippen LogP contribution in [0.4, 0.5) is 26.3 Å². The largest absolute Gasteiger partial charge is 0.486 e. The second-order valence-electron chi connectivity index (χ2n) is 14.2. The van der Waals surface area contributed by atoms with Crippen molar-refractivity contribution in [2.24, 2.45) is 11.8 Å². The summed E-state index contributed by atoms with van der Waals surface area (Å²) in [5, 5.41) is 15.3. The maximum Gasteiger partial charge on any atom is 0.416 e. The molecular formula is C43H40F6N2O7. The highest BCUT2D eigenvalue weighted by atomic mass is 19.4. The molecule has 6 rings (SSSR count). The molecule has 2 bridgehead atoms. The maximum atomic E-state index is 14.2. The summed E-state index contributed by atoms with van der Waals surface area (Å²) in [6, 6.07) is 20.2. The summed E-state index contributed by atoms with van der Waals surface area (Å²) in [6.45, 7) is -0.513. The molecule has 0 radical (unpaired) electrons. The second kappa shape index (κ2) is 19.0. The molecule has 0 unspecified atom stereocenters. The molecule has 15 heteroatoms. The van der Waals surface area contributed by atoms with Gasteiger partial charge >= 0.3 is 18.3 Å². The molecule has 2 amide bonds. The molecule has 2 heterocycles. The van der Waals surface area contributed by atoms with Gasteiger partial charge in [0.15, 0.2) is 11.6 Å². The number of hydrogen-bond acceptors (Lipinski definition) is 6. The van der Waals surface area contributed by atoms with Crippen LogP contribution in [-0.2, 0) is 62.0 Å². The van der Waals surface area contributed by atoms with Gasteiger partial charge in [0.25, 0.3) is 0 Å². The van der Waals surface area contributed by atoms with Crippen LogP contribution in [0.15, 0.2) is 103 Å². The van der Waals surface area contributed by atoms with Gasteiger partial charge in [-0.25, -0.2) is 0 Å². The fourth-order valence-corrected chi connectivity index (χ4v) is 6.61. The van der Waals surface area contributed by atoms with Crippen molar-refractivity contribution in [2.75, 3.05) is 6.61 Å². The van der Waals surface area contributed by atoms with E-state index in [1.165, 1.54) is 12.1 Å². The Kier molecular flexibility index (Phi) is 14.1. The zero-order chi connectivity index (χ0) is 42.0. The van der Waals surface area contributed by atoms with Gasteiger partial charge in [0, 0.05) is 25.2 Å². The van der Waals surface area contributed by atoms with Crippen LogP contribution in [0.3, 0.4) is 0 Å². The molecule has 0 saturated heterocycles. The molecule has 4 aromatic carbocycles. The van der Waals surface area contributed by atoms with Gasteiger partial charge in [-0.15, -0.1) is 0 Å². The summed E-state index contributed by atoms with van der Waals surface area (Å²) in [4.78, 5) is 67.9. The van der Waals surface area contributed by atoms with E-state index in [1.54, 1.807) is 42.5 Å². The molecule has 2 aliphatic rings. The molecule has 4 atom stereocenters. The molecule has 0 spiro atoms. The van der Waals surface area contributed by atoms with Gasteiger partial charge in [-0.1, -0.05) is 66.7 Å². The SMILES string of the molecule is O=C1COc2ccc(cc2)C[C@@H](C(=O)O)CC(=O)[C@@H](CCc2ccccc2)NC(=O)[C@H](Cc2ccc(C(F)(F)F)cc2)NC(=O)[C@@H](Cc2ccc(C(F)(F)F)cc2)C1. The predicted molar refractivity (Wildman–Crippen MR) is 198 cm³/mol. The van der Waals surface area contributed by atoms with Gasteiger partial charge in [0.2, 0.25) is 11.8 Å². The number of aliphatic carboxylic acids is 1. The van der Waals surface area contributed by atoms with Crippen molar-refractivity contribution < 1.29 is 60.2 Å². The summed E-state index contributed by atoms with van der Waals surface area (Å²) in [5.74, 6) is -6.45. The lowest BCUT2D eigenvalue weighted by molar-refractivity contribution is -0.144. The molecule has 0 aromatic heterocycles. The van der Waals surface area contributed by atoms with Crippen LogP contribution in [0.25, 0.3) is 0 Å². The Morgan fingerprint density at radius 3 is 1.74 bits per heavy atom. The third-order valence-corrected chi connectivity index (χ3v) is 9.83. The van der Waals surface area contributed by atoms with Crippen molar-refractivity contribution in [1.29, 1.82) is 0 Å². The number of halogens is 6. The number of hydrogen-bond donors (Lipinski definition) is 3. The van der Waals surface area contributed by atoms with Crippen LogP contribution in [0.2, 0.25) is 0 Å². The summed E-state index contributed by atoms with van der Waals surface area (Å²) in [6.07, 6.45) is -10.6. The van der Waals surface area contributed by atoms with Crippen LogP contribution in [-0.4, -0.2) is 53.1 Å². The number of Topliss-reactive ketones (excluding diaryl/α,β-unsaturated/α-hetero) is 2. The van der Waals surface area contributed by atoms with Gasteiger partial charge in [-0.2, -0.15) is 26.3 Å². The zero-order valence-corrected chi connectivity index (χ0v) is 30.9. The zero-order valence-electron chi connectivity index (χ0n) is 30.9. The number of alkyl halides is 6. The Labute approximate surface area is 329 Å². The molecule has 2 aliphatic heterocycles. The highest BCUT2D eigenvalue weighted by Crippen LogP contribution is 2.31. The molecule has 3 N–H and O–H groups in total. The average molecular weight is 811 g/mol. The molecule has 0 aliphatic carbocycles. The topological polar surface area (TPSA) is 139 Å². The number of carboxylic acids is 1. The van der Waals surface area contributed by atoms with Crippen LogP contribution in [0, 0.1) is 11.8 Å². The highest BCUT2D eigenvalue weighted by molar-refractivity contribution is 5.95. The van der Waals surface area contributed by atoms with Crippen LogP contribution < -0.4 is 15.4 Å². The van der Waals surface area contributed by atoms with Crippen molar-refractivity contribution in [3.63, 3.8) is 0 Å². The van der Waals surface area contributed by atoms with E-state index in [1.807, 2.05) is 0 Å². The number of carbonyl (C=O) groups is 5. The molecular weight excluding hydrogens is 770 g/mol. The van der Waals surface area contributed by atoms with Gasteiger partial charge in [0.1, 0.15) is 18.4 Å². The number of ketones is 2. The molecule has 4 aromatic rings. The first-order valence-electron chi connectivity index (χ1n) is 18.4. The van der Waals surface area contributed by atoms with E-state index < -0.39 is 96.2 Å². The van der Waals surface area contributed by atoms with Gasteiger partial charge in [-0.05, 0) is 84.3 Å². The normalized spacial score (nSPS) is 20.2. The van der Waals surface area contributed by atoms with E-state index in [2.05, 4.69) is 10.6 Å². The Hall–Kier alpha value is -5.99. The van der Waals surface area contributed by atoms with Crippen LogP contribution in [0.5, 0.6) is 5.75 Å². The quantitative estimate of drug-likeness (QED) is 0.163. The highest BCUT2D eigenvalue weighted by Gasteiger charge is 2.34. The average Bonchev–Trinajstić information content (AvgIpc) is 3.18. The minimum absolute atomic E-state index is 0.0267. The van der Waals surface area contributed by atoms with Crippen molar-refractivity contribution in [2.45, 2.75) is 69.4 Å². The Morgan fingerprint density at radius 1 is 0.638 bits per heavy atom. The number of carbonyl (C=O) groups excluding carboxylic acids is 4. The minimum atomic E-state index is -4.66. The number of nitrogens with one attached hydrogen (secondary N) is 2. The summed E-state index contributed by atoms with van der Waals surface area (Å²) < 4.78 is 85.6. The molecule has 9 nitrogen and oxygen atoms in total. The molecule has 306 valence electrons. The predicted octanol–water partition coefficient (Wildman–Crippen LogP) is 6.98. The van der Waals surface area contributed by atoms with E-state index in [-0.39, 0.29) is 49.0 Å². The molecule has 0 saturated carbocycles. The van der Waals surface area contributed by atoms with Crippen molar-refractivity contribution >= 4 is 29.4 Å². The van der Waals surface area contributed by atoms with E-state index in [9.17, 15) is 55.4 Å². The summed E-state index contributed by atoms with van der Waals surface area (Å²) in [7, 11) is 0. The summed E-state index contributed by atoms with van der Waals surface area (Å²) >= 11 is 0. The number of benzene rings is 4. The first-order valence-corrected chi connectivity index (χ1v) is 18.4. The fraction of sp³-hybridized carbons (Fsp3) is 0.326. The van der Waals surface area contributed by atoms with Crippen LogP contribution >= 0.6 is 0 Å². The van der Waals surface area contributed by atoms with E-state index in [4.69, 9.17) is 4.74 Å². The first-order chi connectivity index (χ1) is 27.4. The molecule has 58 heavy (non-hydrogen) atoms. The fourth-order valence-electron chi connectivity index (χ4n) is 6.61. The lowest BCUT2D eigenvalue weighted by Crippen LogP contribution is -2.54. The number of amides is 2. The van der Waals surface area contributed by atoms with Crippen molar-refractivity contribution in [3.8, 4) is 5.75 Å². The number of ether oxygens (including phenoxy) is 1. The maximum absolute atomic E-state index is 14.2. The van der Waals surface area contributed by atoms with E-state index in [0.29, 0.717) is 5.56 Å². The van der Waals surface area contributed by atoms with Crippen molar-refractivity contribution in [1.82, 2.24) is 10.6 Å². The van der Waals surface area contributed by atoms with E-state index in [0.717, 1.165) is 54.1 Å². The van der Waals surface area contributed by atoms with Gasteiger partial charge in [-0.3, -0.25) is 24.0 Å². The second-order valence-corrected chi connectivity index (χ2v) is 14.2. The Morgan fingerprint density at radius 2 is 1.19 bits per heavy atom. The van der Waals surface area contributed by atoms with Crippen molar-refractivity contribution in [3.05, 3.63) is 137 Å². The number of rotatable bonds is 8. The third-order valence-electron chi connectivity index (χ3n) is 9.83. The van der Waals surface area contributed by atoms with E-state index >= 15 is 0 Å². The Bertz CT molecular complexity index is 2050.